The summed E-state index contributed by atoms with van der Waals surface area (Å²) in [5, 5.41) is 3.24. The Kier molecular flexibility index (Phi) is 4.84. The molecule has 1 amide bonds. The summed E-state index contributed by atoms with van der Waals surface area (Å²) in [4.78, 5) is 14.4. The normalized spacial score (nSPS) is 16.4. The van der Waals surface area contributed by atoms with E-state index in [2.05, 4.69) is 10.0 Å². The minimum absolute atomic E-state index is 0.131. The molecule has 0 unspecified atom stereocenters. The van der Waals surface area contributed by atoms with Crippen molar-refractivity contribution in [1.82, 2.24) is 10.2 Å². The van der Waals surface area contributed by atoms with Gasteiger partial charge in [-0.15, -0.1) is 0 Å². The molecule has 0 aliphatic carbocycles. The monoisotopic (exact) mass is 311 g/mol. The van der Waals surface area contributed by atoms with Crippen molar-refractivity contribution in [2.45, 2.75) is 13.3 Å². The van der Waals surface area contributed by atoms with Gasteiger partial charge in [-0.25, -0.2) is 8.42 Å². The number of hydrogen-bond donors (Lipinski definition) is 2. The van der Waals surface area contributed by atoms with Crippen LogP contribution < -0.4 is 10.0 Å². The van der Waals surface area contributed by atoms with Gasteiger partial charge in [0.25, 0.3) is 5.91 Å². The molecule has 1 fully saturated rings. The van der Waals surface area contributed by atoms with Crippen molar-refractivity contribution in [2.75, 3.05) is 37.2 Å². The number of sulfonamides is 1. The predicted molar refractivity (Wildman–Crippen MR) is 83.0 cm³/mol. The molecule has 21 heavy (non-hydrogen) atoms. The second-order valence-electron chi connectivity index (χ2n) is 5.32. The Morgan fingerprint density at radius 2 is 2.05 bits per heavy atom. The summed E-state index contributed by atoms with van der Waals surface area (Å²) >= 11 is 0. The lowest BCUT2D eigenvalue weighted by Gasteiger charge is -2.22. The standard InChI is InChI=1S/C14H21N3O3S/c1-11-4-5-13(16-21(2,19)20)12(10-11)14(18)17-8-3-6-15-7-9-17/h4-5,10,15-16H,3,6-9H2,1-2H3. The van der Waals surface area contributed by atoms with E-state index in [0.717, 1.165) is 31.3 Å². The van der Waals surface area contributed by atoms with Crippen molar-refractivity contribution in [2.24, 2.45) is 0 Å². The third-order valence-corrected chi connectivity index (χ3v) is 3.92. The van der Waals surface area contributed by atoms with Crippen molar-refractivity contribution in [1.29, 1.82) is 0 Å². The summed E-state index contributed by atoms with van der Waals surface area (Å²) in [6.07, 6.45) is 1.98. The van der Waals surface area contributed by atoms with Crippen molar-refractivity contribution >= 4 is 21.6 Å². The lowest BCUT2D eigenvalue weighted by atomic mass is 10.1. The number of benzene rings is 1. The molecule has 6 nitrogen and oxygen atoms in total. The van der Waals surface area contributed by atoms with Gasteiger partial charge in [0.1, 0.15) is 0 Å². The van der Waals surface area contributed by atoms with Gasteiger partial charge in [0, 0.05) is 19.6 Å². The van der Waals surface area contributed by atoms with Crippen LogP contribution in [0.4, 0.5) is 5.69 Å². The van der Waals surface area contributed by atoms with Crippen LogP contribution in [-0.2, 0) is 10.0 Å². The Labute approximate surface area is 125 Å². The Morgan fingerprint density at radius 1 is 1.29 bits per heavy atom. The summed E-state index contributed by atoms with van der Waals surface area (Å²) in [5.41, 5.74) is 1.66. The fourth-order valence-corrected chi connectivity index (χ4v) is 2.92. The summed E-state index contributed by atoms with van der Waals surface area (Å²) in [5.74, 6) is -0.131. The van der Waals surface area contributed by atoms with Crippen molar-refractivity contribution < 1.29 is 13.2 Å². The summed E-state index contributed by atoms with van der Waals surface area (Å²) < 4.78 is 25.3. The molecule has 2 rings (SSSR count). The molecule has 0 atom stereocenters. The van der Waals surface area contributed by atoms with E-state index < -0.39 is 10.0 Å². The van der Waals surface area contributed by atoms with Crippen LogP contribution in [-0.4, -0.2) is 51.7 Å². The SMILES string of the molecule is Cc1ccc(NS(C)(=O)=O)c(C(=O)N2CCCNCC2)c1. The zero-order chi connectivity index (χ0) is 15.5. The minimum Gasteiger partial charge on any atom is -0.337 e. The molecule has 2 N–H and O–H groups in total. The zero-order valence-electron chi connectivity index (χ0n) is 12.3. The van der Waals surface area contributed by atoms with Gasteiger partial charge < -0.3 is 10.2 Å². The first-order valence-electron chi connectivity index (χ1n) is 6.95. The zero-order valence-corrected chi connectivity index (χ0v) is 13.2. The fraction of sp³-hybridized carbons (Fsp3) is 0.500. The van der Waals surface area contributed by atoms with Crippen LogP contribution in [0.2, 0.25) is 0 Å². The van der Waals surface area contributed by atoms with Gasteiger partial charge in [-0.05, 0) is 32.0 Å². The number of anilines is 1. The number of nitrogens with zero attached hydrogens (tertiary/aromatic N) is 1. The molecule has 1 aliphatic rings. The molecule has 1 aromatic rings. The topological polar surface area (TPSA) is 78.5 Å². The maximum atomic E-state index is 12.7. The molecule has 1 heterocycles. The van der Waals surface area contributed by atoms with Crippen molar-refractivity contribution in [3.8, 4) is 0 Å². The summed E-state index contributed by atoms with van der Waals surface area (Å²) in [7, 11) is -3.42. The molecule has 0 spiro atoms. The highest BCUT2D eigenvalue weighted by Crippen LogP contribution is 2.21. The first-order chi connectivity index (χ1) is 9.87. The number of aryl methyl sites for hydroxylation is 1. The molecule has 0 aromatic heterocycles. The number of nitrogens with one attached hydrogen (secondary N) is 2. The highest BCUT2D eigenvalue weighted by atomic mass is 32.2. The Balaban J connectivity index is 2.32. The van der Waals surface area contributed by atoms with Crippen molar-refractivity contribution in [3.63, 3.8) is 0 Å². The van der Waals surface area contributed by atoms with Gasteiger partial charge in [-0.3, -0.25) is 9.52 Å². The highest BCUT2D eigenvalue weighted by molar-refractivity contribution is 7.92. The van der Waals surface area contributed by atoms with Crippen LogP contribution in [0, 0.1) is 6.92 Å². The molecule has 116 valence electrons. The third-order valence-electron chi connectivity index (χ3n) is 3.33. The lowest BCUT2D eigenvalue weighted by Crippen LogP contribution is -2.34. The largest absolute Gasteiger partial charge is 0.337 e. The maximum Gasteiger partial charge on any atom is 0.256 e. The number of amides is 1. The smallest absolute Gasteiger partial charge is 0.256 e. The molecule has 1 saturated heterocycles. The van der Waals surface area contributed by atoms with E-state index in [4.69, 9.17) is 0 Å². The van der Waals surface area contributed by atoms with Crippen LogP contribution in [0.1, 0.15) is 22.3 Å². The molecule has 7 heteroatoms. The van der Waals surface area contributed by atoms with Gasteiger partial charge in [0.15, 0.2) is 0 Å². The summed E-state index contributed by atoms with van der Waals surface area (Å²) in [6.45, 7) is 4.84. The number of carbonyl (C=O) groups excluding carboxylic acids is 1. The van der Waals surface area contributed by atoms with Gasteiger partial charge in [0.2, 0.25) is 10.0 Å². The summed E-state index contributed by atoms with van der Waals surface area (Å²) in [6, 6.07) is 5.15. The Bertz CT molecular complexity index is 620. The Morgan fingerprint density at radius 3 is 2.76 bits per heavy atom. The first-order valence-corrected chi connectivity index (χ1v) is 8.84. The number of carbonyl (C=O) groups is 1. The van der Waals surface area contributed by atoms with Gasteiger partial charge in [0.05, 0.1) is 17.5 Å². The van der Waals surface area contributed by atoms with E-state index >= 15 is 0 Å². The van der Waals surface area contributed by atoms with Gasteiger partial charge in [-0.2, -0.15) is 0 Å². The molecule has 0 saturated carbocycles. The van der Waals surface area contributed by atoms with E-state index in [1.807, 2.05) is 6.92 Å². The third kappa shape index (κ3) is 4.44. The number of hydrogen-bond acceptors (Lipinski definition) is 4. The first kappa shape index (κ1) is 15.8. The molecular weight excluding hydrogens is 290 g/mol. The van der Waals surface area contributed by atoms with E-state index in [-0.39, 0.29) is 5.91 Å². The van der Waals surface area contributed by atoms with E-state index in [9.17, 15) is 13.2 Å². The molecule has 0 radical (unpaired) electrons. The van der Waals surface area contributed by atoms with E-state index in [1.165, 1.54) is 0 Å². The van der Waals surface area contributed by atoms with Crippen LogP contribution in [0.5, 0.6) is 0 Å². The molecular formula is C14H21N3O3S. The van der Waals surface area contributed by atoms with Gasteiger partial charge >= 0.3 is 0 Å². The average molecular weight is 311 g/mol. The lowest BCUT2D eigenvalue weighted by molar-refractivity contribution is 0.0767. The van der Waals surface area contributed by atoms with Crippen LogP contribution in [0.15, 0.2) is 18.2 Å². The van der Waals surface area contributed by atoms with E-state index in [0.29, 0.717) is 24.3 Å². The molecule has 0 bridgehead atoms. The number of rotatable bonds is 3. The second-order valence-corrected chi connectivity index (χ2v) is 7.07. The molecule has 1 aliphatic heterocycles. The predicted octanol–water partition coefficient (Wildman–Crippen LogP) is 0.802. The Hall–Kier alpha value is -1.60. The molecule has 1 aromatic carbocycles. The van der Waals surface area contributed by atoms with E-state index in [1.54, 1.807) is 23.1 Å². The average Bonchev–Trinajstić information content (AvgIpc) is 2.67. The maximum absolute atomic E-state index is 12.7. The quantitative estimate of drug-likeness (QED) is 0.865. The van der Waals surface area contributed by atoms with Crippen LogP contribution in [0.25, 0.3) is 0 Å². The fourth-order valence-electron chi connectivity index (χ4n) is 2.34. The minimum atomic E-state index is -3.42. The highest BCUT2D eigenvalue weighted by Gasteiger charge is 2.21. The van der Waals surface area contributed by atoms with Crippen LogP contribution in [0.3, 0.4) is 0 Å². The van der Waals surface area contributed by atoms with Gasteiger partial charge in [-0.1, -0.05) is 11.6 Å². The van der Waals surface area contributed by atoms with Crippen molar-refractivity contribution in [3.05, 3.63) is 29.3 Å². The second kappa shape index (κ2) is 6.44. The van der Waals surface area contributed by atoms with Crippen LogP contribution >= 0.6 is 0 Å².